The third-order valence-corrected chi connectivity index (χ3v) is 0.996. The number of nitrogens with one attached hydrogen (secondary N) is 1. The molecule has 0 unspecified atom stereocenters. The fourth-order valence-corrected chi connectivity index (χ4v) is 0.520. The van der Waals surface area contributed by atoms with Gasteiger partial charge in [-0.05, 0) is 19.4 Å². The summed E-state index contributed by atoms with van der Waals surface area (Å²) in [7, 11) is 0. The van der Waals surface area contributed by atoms with E-state index in [1.165, 1.54) is 0 Å². The molecule has 0 fully saturated rings. The number of rotatable bonds is 3. The topological polar surface area (TPSA) is 36.2 Å². The summed E-state index contributed by atoms with van der Waals surface area (Å²) in [5.74, 6) is 0.459. The molecule has 0 aromatic rings. The predicted molar refractivity (Wildman–Crippen MR) is 45.9 cm³/mol. The first-order valence-corrected chi connectivity index (χ1v) is 3.54. The lowest BCUT2D eigenvalue weighted by Crippen LogP contribution is -1.89. The van der Waals surface area contributed by atoms with Crippen molar-refractivity contribution in [1.29, 1.82) is 5.41 Å². The van der Waals surface area contributed by atoms with Gasteiger partial charge in [0.1, 0.15) is 5.84 Å². The lowest BCUT2D eigenvalue weighted by atomic mass is 10.3. The molecule has 0 spiro atoms. The normalized spacial score (nSPS) is 11.4. The second-order valence-electron chi connectivity index (χ2n) is 2.00. The van der Waals surface area contributed by atoms with Crippen LogP contribution in [0.25, 0.3) is 0 Å². The highest BCUT2D eigenvalue weighted by atomic mass is 14.8. The molecule has 0 bridgehead atoms. The van der Waals surface area contributed by atoms with Crippen LogP contribution in [-0.4, -0.2) is 12.1 Å². The van der Waals surface area contributed by atoms with E-state index >= 15 is 0 Å². The number of aliphatic imine (C=N–C) groups is 1. The highest BCUT2D eigenvalue weighted by Gasteiger charge is 1.85. The fraction of sp³-hybridized carbons (Fsp3) is 0.500. The van der Waals surface area contributed by atoms with E-state index in [1.54, 1.807) is 6.21 Å². The van der Waals surface area contributed by atoms with Crippen LogP contribution in [0, 0.1) is 5.41 Å². The number of hydrogen-bond donors (Lipinski definition) is 1. The van der Waals surface area contributed by atoms with Gasteiger partial charge < -0.3 is 0 Å². The summed E-state index contributed by atoms with van der Waals surface area (Å²) in [5.41, 5.74) is 0. The Morgan fingerprint density at radius 2 is 2.30 bits per heavy atom. The summed E-state index contributed by atoms with van der Waals surface area (Å²) in [4.78, 5) is 3.88. The summed E-state index contributed by atoms with van der Waals surface area (Å²) in [6.45, 7) is 3.97. The van der Waals surface area contributed by atoms with Crippen molar-refractivity contribution < 1.29 is 0 Å². The van der Waals surface area contributed by atoms with Crippen LogP contribution in [0.5, 0.6) is 0 Å². The van der Waals surface area contributed by atoms with Crippen molar-refractivity contribution in [1.82, 2.24) is 0 Å². The fourth-order valence-electron chi connectivity index (χ4n) is 0.520. The summed E-state index contributed by atoms with van der Waals surface area (Å²) >= 11 is 0. The van der Waals surface area contributed by atoms with E-state index in [0.717, 1.165) is 12.8 Å². The van der Waals surface area contributed by atoms with E-state index in [9.17, 15) is 0 Å². The van der Waals surface area contributed by atoms with Crippen LogP contribution < -0.4 is 0 Å². The number of nitrogens with zero attached hydrogens (tertiary/aromatic N) is 1. The van der Waals surface area contributed by atoms with Gasteiger partial charge in [-0.15, -0.1) is 0 Å². The average Bonchev–Trinajstić information content (AvgIpc) is 1.89. The SMILES string of the molecule is C/C=C\C=NC(=N)CCC. The molecule has 0 aliphatic heterocycles. The molecule has 0 radical (unpaired) electrons. The molecular formula is C8H14N2. The Hall–Kier alpha value is -0.920. The highest BCUT2D eigenvalue weighted by Crippen LogP contribution is 1.89. The summed E-state index contributed by atoms with van der Waals surface area (Å²) in [6, 6.07) is 0. The van der Waals surface area contributed by atoms with Gasteiger partial charge in [0.2, 0.25) is 0 Å². The van der Waals surface area contributed by atoms with E-state index in [-0.39, 0.29) is 0 Å². The minimum atomic E-state index is 0.459. The van der Waals surface area contributed by atoms with Crippen molar-refractivity contribution in [3.63, 3.8) is 0 Å². The monoisotopic (exact) mass is 138 g/mol. The standard InChI is InChI=1S/C8H14N2/c1-3-5-7-10-8(9)6-4-2/h3,5,7,9H,4,6H2,1-2H3/b5-3-,9-8?,10-7?. The third-order valence-electron chi connectivity index (χ3n) is 0.996. The molecule has 0 amide bonds. The second-order valence-corrected chi connectivity index (χ2v) is 2.00. The number of allylic oxidation sites excluding steroid dienone is 2. The second kappa shape index (κ2) is 6.20. The Labute approximate surface area is 62.2 Å². The quantitative estimate of drug-likeness (QED) is 0.459. The minimum absolute atomic E-state index is 0.459. The van der Waals surface area contributed by atoms with Gasteiger partial charge in [0, 0.05) is 12.6 Å². The molecule has 0 aromatic heterocycles. The number of amidine groups is 1. The zero-order chi connectivity index (χ0) is 7.82. The van der Waals surface area contributed by atoms with Gasteiger partial charge in [0.15, 0.2) is 0 Å². The minimum Gasteiger partial charge on any atom is -0.287 e. The van der Waals surface area contributed by atoms with E-state index in [0.29, 0.717) is 5.84 Å². The van der Waals surface area contributed by atoms with Crippen LogP contribution in [0.1, 0.15) is 26.7 Å². The Balaban J connectivity index is 3.56. The van der Waals surface area contributed by atoms with Crippen molar-refractivity contribution in [2.24, 2.45) is 4.99 Å². The smallest absolute Gasteiger partial charge is 0.120 e. The zero-order valence-corrected chi connectivity index (χ0v) is 6.59. The Bertz CT molecular complexity index is 145. The van der Waals surface area contributed by atoms with E-state index in [2.05, 4.69) is 4.99 Å². The number of hydrogen-bond acceptors (Lipinski definition) is 1. The highest BCUT2D eigenvalue weighted by molar-refractivity contribution is 5.90. The molecule has 0 rings (SSSR count). The van der Waals surface area contributed by atoms with Crippen LogP contribution in [-0.2, 0) is 0 Å². The van der Waals surface area contributed by atoms with Crippen molar-refractivity contribution >= 4 is 12.1 Å². The van der Waals surface area contributed by atoms with Crippen LogP contribution in [0.3, 0.4) is 0 Å². The van der Waals surface area contributed by atoms with Gasteiger partial charge in [-0.25, -0.2) is 4.99 Å². The van der Waals surface area contributed by atoms with Gasteiger partial charge in [-0.2, -0.15) is 0 Å². The molecule has 0 aliphatic carbocycles. The molecule has 0 aromatic carbocycles. The molecule has 10 heavy (non-hydrogen) atoms. The summed E-state index contributed by atoms with van der Waals surface area (Å²) < 4.78 is 0. The molecular weight excluding hydrogens is 124 g/mol. The molecule has 2 nitrogen and oxygen atoms in total. The van der Waals surface area contributed by atoms with Gasteiger partial charge in [0.25, 0.3) is 0 Å². The van der Waals surface area contributed by atoms with E-state index < -0.39 is 0 Å². The lowest BCUT2D eigenvalue weighted by Gasteiger charge is -1.89. The molecule has 0 heterocycles. The summed E-state index contributed by atoms with van der Waals surface area (Å²) in [5, 5.41) is 7.24. The first-order valence-electron chi connectivity index (χ1n) is 3.54. The first-order chi connectivity index (χ1) is 4.81. The Kier molecular flexibility index (Phi) is 5.63. The van der Waals surface area contributed by atoms with Crippen molar-refractivity contribution in [2.45, 2.75) is 26.7 Å². The van der Waals surface area contributed by atoms with Crippen LogP contribution in [0.4, 0.5) is 0 Å². The van der Waals surface area contributed by atoms with Gasteiger partial charge in [-0.1, -0.05) is 13.0 Å². The molecule has 0 saturated carbocycles. The molecule has 1 N–H and O–H groups in total. The molecule has 0 saturated heterocycles. The van der Waals surface area contributed by atoms with Crippen LogP contribution in [0.15, 0.2) is 17.1 Å². The van der Waals surface area contributed by atoms with Gasteiger partial charge in [0.05, 0.1) is 0 Å². The zero-order valence-electron chi connectivity index (χ0n) is 6.59. The van der Waals surface area contributed by atoms with E-state index in [1.807, 2.05) is 26.0 Å². The average molecular weight is 138 g/mol. The predicted octanol–water partition coefficient (Wildman–Crippen LogP) is 2.41. The van der Waals surface area contributed by atoms with Gasteiger partial charge >= 0.3 is 0 Å². The molecule has 56 valence electrons. The lowest BCUT2D eigenvalue weighted by molar-refractivity contribution is 0.977. The maximum absolute atomic E-state index is 7.24. The van der Waals surface area contributed by atoms with Crippen molar-refractivity contribution in [3.8, 4) is 0 Å². The van der Waals surface area contributed by atoms with Crippen molar-refractivity contribution in [2.75, 3.05) is 0 Å². The Morgan fingerprint density at radius 1 is 1.60 bits per heavy atom. The first kappa shape index (κ1) is 9.08. The molecule has 0 atom stereocenters. The molecule has 2 heteroatoms. The summed E-state index contributed by atoms with van der Waals surface area (Å²) in [6.07, 6.45) is 7.13. The largest absolute Gasteiger partial charge is 0.287 e. The van der Waals surface area contributed by atoms with Crippen LogP contribution >= 0.6 is 0 Å². The Morgan fingerprint density at radius 3 is 2.80 bits per heavy atom. The third kappa shape index (κ3) is 5.22. The van der Waals surface area contributed by atoms with E-state index in [4.69, 9.17) is 5.41 Å². The van der Waals surface area contributed by atoms with Gasteiger partial charge in [-0.3, -0.25) is 5.41 Å². The molecule has 0 aliphatic rings. The van der Waals surface area contributed by atoms with Crippen LogP contribution in [0.2, 0.25) is 0 Å². The maximum atomic E-state index is 7.24. The van der Waals surface area contributed by atoms with Crippen molar-refractivity contribution in [3.05, 3.63) is 12.2 Å². The maximum Gasteiger partial charge on any atom is 0.120 e.